The molecule has 21 heavy (non-hydrogen) atoms. The van der Waals surface area contributed by atoms with Gasteiger partial charge in [-0.15, -0.1) is 0 Å². The summed E-state index contributed by atoms with van der Waals surface area (Å²) in [5, 5.41) is 8.63. The lowest BCUT2D eigenvalue weighted by molar-refractivity contribution is -0.137. The average molecular weight is 290 g/mol. The van der Waals surface area contributed by atoms with Crippen molar-refractivity contribution in [1.29, 1.82) is 0 Å². The number of aryl methyl sites for hydroxylation is 3. The summed E-state index contributed by atoms with van der Waals surface area (Å²) in [6.07, 6.45) is 10.7. The summed E-state index contributed by atoms with van der Waals surface area (Å²) in [5.74, 6) is -0.680. The Morgan fingerprint density at radius 2 is 1.71 bits per heavy atom. The molecule has 0 spiro atoms. The van der Waals surface area contributed by atoms with Crippen LogP contribution in [0.5, 0.6) is 0 Å². The van der Waals surface area contributed by atoms with E-state index in [9.17, 15) is 4.79 Å². The summed E-state index contributed by atoms with van der Waals surface area (Å²) in [6, 6.07) is 6.86. The molecule has 0 atom stereocenters. The van der Waals surface area contributed by atoms with Gasteiger partial charge in [0, 0.05) is 6.42 Å². The average Bonchev–Trinajstić information content (AvgIpc) is 2.45. The van der Waals surface area contributed by atoms with Gasteiger partial charge in [0.1, 0.15) is 0 Å². The Morgan fingerprint density at radius 1 is 1.00 bits per heavy atom. The Bertz CT molecular complexity index is 424. The minimum atomic E-state index is -0.680. The normalized spacial score (nSPS) is 10.8. The molecule has 2 nitrogen and oxygen atoms in total. The second-order valence-electron chi connectivity index (χ2n) is 6.03. The van der Waals surface area contributed by atoms with Crippen LogP contribution in [0.15, 0.2) is 18.2 Å². The lowest BCUT2D eigenvalue weighted by Gasteiger charge is -2.09. The SMILES string of the molecule is CCCCCCc1ccc(C)c(CCCCCC(=O)O)c1. The first kappa shape index (κ1) is 17.7. The third kappa shape index (κ3) is 7.89. The zero-order valence-corrected chi connectivity index (χ0v) is 13.7. The van der Waals surface area contributed by atoms with Crippen LogP contribution in [0.25, 0.3) is 0 Å². The van der Waals surface area contributed by atoms with E-state index in [1.54, 1.807) is 0 Å². The fourth-order valence-electron chi connectivity index (χ4n) is 2.67. The van der Waals surface area contributed by atoms with Crippen LogP contribution in [0.3, 0.4) is 0 Å². The van der Waals surface area contributed by atoms with Crippen molar-refractivity contribution in [1.82, 2.24) is 0 Å². The van der Waals surface area contributed by atoms with Crippen LogP contribution in [0.4, 0.5) is 0 Å². The number of benzene rings is 1. The zero-order valence-electron chi connectivity index (χ0n) is 13.7. The van der Waals surface area contributed by atoms with E-state index in [1.807, 2.05) is 0 Å². The highest BCUT2D eigenvalue weighted by atomic mass is 16.4. The first-order valence-corrected chi connectivity index (χ1v) is 8.43. The molecular formula is C19H30O2. The van der Waals surface area contributed by atoms with Crippen LogP contribution in [0, 0.1) is 6.92 Å². The molecule has 0 aliphatic rings. The first-order chi connectivity index (χ1) is 10.1. The maximum Gasteiger partial charge on any atom is 0.303 e. The van der Waals surface area contributed by atoms with Gasteiger partial charge in [0.05, 0.1) is 0 Å². The van der Waals surface area contributed by atoms with Crippen molar-refractivity contribution in [3.05, 3.63) is 34.9 Å². The minimum absolute atomic E-state index is 0.302. The summed E-state index contributed by atoms with van der Waals surface area (Å²) in [7, 11) is 0. The van der Waals surface area contributed by atoms with Crippen molar-refractivity contribution in [2.75, 3.05) is 0 Å². The standard InChI is InChI=1S/C19H30O2/c1-3-4-5-7-10-17-14-13-16(2)18(15-17)11-8-6-9-12-19(20)21/h13-15H,3-12H2,1-2H3,(H,20,21). The van der Waals surface area contributed by atoms with Crippen molar-refractivity contribution in [3.63, 3.8) is 0 Å². The molecule has 0 aromatic heterocycles. The highest BCUT2D eigenvalue weighted by molar-refractivity contribution is 5.66. The van der Waals surface area contributed by atoms with Crippen LogP contribution < -0.4 is 0 Å². The fraction of sp³-hybridized carbons (Fsp3) is 0.632. The van der Waals surface area contributed by atoms with E-state index in [-0.39, 0.29) is 0 Å². The van der Waals surface area contributed by atoms with Crippen LogP contribution in [0.1, 0.15) is 75.0 Å². The van der Waals surface area contributed by atoms with Crippen molar-refractivity contribution in [2.45, 2.75) is 78.1 Å². The number of unbranched alkanes of at least 4 members (excludes halogenated alkanes) is 5. The Kier molecular flexibility index (Phi) is 8.80. The predicted molar refractivity (Wildman–Crippen MR) is 88.8 cm³/mol. The molecule has 0 bridgehead atoms. The van der Waals surface area contributed by atoms with Gasteiger partial charge in [-0.3, -0.25) is 4.79 Å². The Balaban J connectivity index is 2.36. The minimum Gasteiger partial charge on any atom is -0.481 e. The molecule has 0 amide bonds. The third-order valence-electron chi connectivity index (χ3n) is 4.07. The second kappa shape index (κ2) is 10.4. The second-order valence-corrected chi connectivity index (χ2v) is 6.03. The Hall–Kier alpha value is -1.31. The molecule has 0 aliphatic heterocycles. The molecular weight excluding hydrogens is 260 g/mol. The number of hydrogen-bond donors (Lipinski definition) is 1. The number of aliphatic carboxylic acids is 1. The van der Waals surface area contributed by atoms with Gasteiger partial charge in [-0.1, -0.05) is 50.8 Å². The van der Waals surface area contributed by atoms with Gasteiger partial charge in [-0.25, -0.2) is 0 Å². The quantitative estimate of drug-likeness (QED) is 0.561. The van der Waals surface area contributed by atoms with E-state index in [4.69, 9.17) is 5.11 Å². The number of carboxylic acid groups (broad SMARTS) is 1. The summed E-state index contributed by atoms with van der Waals surface area (Å²) in [4.78, 5) is 10.5. The van der Waals surface area contributed by atoms with E-state index >= 15 is 0 Å². The van der Waals surface area contributed by atoms with E-state index in [1.165, 1.54) is 48.8 Å². The fourth-order valence-corrected chi connectivity index (χ4v) is 2.67. The van der Waals surface area contributed by atoms with Crippen LogP contribution in [0.2, 0.25) is 0 Å². The summed E-state index contributed by atoms with van der Waals surface area (Å²) in [6.45, 7) is 4.42. The molecule has 2 heteroatoms. The molecule has 0 saturated carbocycles. The maximum atomic E-state index is 10.5. The third-order valence-corrected chi connectivity index (χ3v) is 4.07. The number of carbonyl (C=O) groups is 1. The van der Waals surface area contributed by atoms with E-state index in [0.717, 1.165) is 25.7 Å². The highest BCUT2D eigenvalue weighted by Crippen LogP contribution is 2.17. The molecule has 0 saturated heterocycles. The number of rotatable bonds is 11. The molecule has 118 valence electrons. The van der Waals surface area contributed by atoms with Gasteiger partial charge in [0.15, 0.2) is 0 Å². The van der Waals surface area contributed by atoms with Crippen LogP contribution in [-0.4, -0.2) is 11.1 Å². The molecule has 1 rings (SSSR count). The van der Waals surface area contributed by atoms with Crippen LogP contribution >= 0.6 is 0 Å². The van der Waals surface area contributed by atoms with Gasteiger partial charge in [0.25, 0.3) is 0 Å². The highest BCUT2D eigenvalue weighted by Gasteiger charge is 2.02. The van der Waals surface area contributed by atoms with Gasteiger partial charge < -0.3 is 5.11 Å². The molecule has 0 unspecified atom stereocenters. The molecule has 0 radical (unpaired) electrons. The van der Waals surface area contributed by atoms with Crippen LogP contribution in [-0.2, 0) is 17.6 Å². The van der Waals surface area contributed by atoms with Gasteiger partial charge in [0.2, 0.25) is 0 Å². The van der Waals surface area contributed by atoms with Gasteiger partial charge in [-0.2, -0.15) is 0 Å². The lowest BCUT2D eigenvalue weighted by Crippen LogP contribution is -1.96. The molecule has 0 heterocycles. The molecule has 1 N–H and O–H groups in total. The van der Waals surface area contributed by atoms with E-state index < -0.39 is 5.97 Å². The first-order valence-electron chi connectivity index (χ1n) is 8.43. The van der Waals surface area contributed by atoms with Gasteiger partial charge in [-0.05, 0) is 55.7 Å². The maximum absolute atomic E-state index is 10.5. The summed E-state index contributed by atoms with van der Waals surface area (Å²) in [5.41, 5.74) is 4.26. The smallest absolute Gasteiger partial charge is 0.303 e. The van der Waals surface area contributed by atoms with Crippen molar-refractivity contribution in [2.24, 2.45) is 0 Å². The van der Waals surface area contributed by atoms with E-state index in [2.05, 4.69) is 32.0 Å². The summed E-state index contributed by atoms with van der Waals surface area (Å²) >= 11 is 0. The van der Waals surface area contributed by atoms with Crippen molar-refractivity contribution >= 4 is 5.97 Å². The van der Waals surface area contributed by atoms with E-state index in [0.29, 0.717) is 6.42 Å². The largest absolute Gasteiger partial charge is 0.481 e. The molecule has 0 aliphatic carbocycles. The Morgan fingerprint density at radius 3 is 2.43 bits per heavy atom. The topological polar surface area (TPSA) is 37.3 Å². The lowest BCUT2D eigenvalue weighted by atomic mass is 9.97. The van der Waals surface area contributed by atoms with Crippen molar-refractivity contribution in [3.8, 4) is 0 Å². The summed E-state index contributed by atoms with van der Waals surface area (Å²) < 4.78 is 0. The molecule has 1 aromatic rings. The number of carboxylic acids is 1. The number of hydrogen-bond acceptors (Lipinski definition) is 1. The monoisotopic (exact) mass is 290 g/mol. The van der Waals surface area contributed by atoms with Crippen molar-refractivity contribution < 1.29 is 9.90 Å². The predicted octanol–water partition coefficient (Wildman–Crippen LogP) is 5.31. The Labute approximate surface area is 129 Å². The van der Waals surface area contributed by atoms with Gasteiger partial charge >= 0.3 is 5.97 Å². The zero-order chi connectivity index (χ0) is 15.5. The molecule has 0 fully saturated rings. The molecule has 1 aromatic carbocycles.